The molecule has 10 heteroatoms. The number of allylic oxidation sites excluding steroid dienone is 1. The highest BCUT2D eigenvalue weighted by Gasteiger charge is 2.29. The first-order valence-electron chi connectivity index (χ1n) is 11.4. The van der Waals surface area contributed by atoms with Gasteiger partial charge in [0.1, 0.15) is 22.4 Å². The van der Waals surface area contributed by atoms with Crippen LogP contribution in [-0.4, -0.2) is 50.3 Å². The summed E-state index contributed by atoms with van der Waals surface area (Å²) in [5.74, 6) is 0. The molecule has 0 radical (unpaired) electrons. The first-order valence-corrected chi connectivity index (χ1v) is 11.4. The summed E-state index contributed by atoms with van der Waals surface area (Å²) >= 11 is 0. The lowest BCUT2D eigenvalue weighted by Gasteiger charge is -2.30. The predicted molar refractivity (Wildman–Crippen MR) is 130 cm³/mol. The summed E-state index contributed by atoms with van der Waals surface area (Å²) in [7, 11) is 3.58. The summed E-state index contributed by atoms with van der Waals surface area (Å²) in [5.41, 5.74) is 3.94. The molecule has 0 spiro atoms. The Balaban J connectivity index is 1.82. The molecular weight excluding hydrogens is 434 g/mol. The molecule has 1 fully saturated rings. The normalized spacial score (nSPS) is 19.1. The molecule has 176 valence electrons. The molecular formula is C24H27N7O3. The van der Waals surface area contributed by atoms with Crippen LogP contribution in [0.5, 0.6) is 0 Å². The number of pyridine rings is 1. The second kappa shape index (κ2) is 8.86. The molecule has 4 aromatic heterocycles. The number of furan rings is 1. The monoisotopic (exact) mass is 461 g/mol. The van der Waals surface area contributed by atoms with E-state index in [0.29, 0.717) is 58.6 Å². The third-order valence-electron chi connectivity index (χ3n) is 6.24. The minimum absolute atomic E-state index is 0.0805. The summed E-state index contributed by atoms with van der Waals surface area (Å²) in [5, 5.41) is 15.2. The van der Waals surface area contributed by atoms with Crippen molar-refractivity contribution in [3.63, 3.8) is 0 Å². The molecule has 10 nitrogen and oxygen atoms in total. The molecule has 1 saturated heterocycles. The number of nitrogens with zero attached hydrogens (tertiary/aromatic N) is 5. The highest BCUT2D eigenvalue weighted by molar-refractivity contribution is 6.14. The minimum atomic E-state index is -0.388. The van der Waals surface area contributed by atoms with Crippen molar-refractivity contribution in [3.05, 3.63) is 46.8 Å². The molecule has 0 saturated carbocycles. The number of aromatic nitrogens is 5. The third kappa shape index (κ3) is 3.69. The molecule has 0 amide bonds. The first kappa shape index (κ1) is 22.0. The van der Waals surface area contributed by atoms with Gasteiger partial charge in [0.25, 0.3) is 0 Å². The van der Waals surface area contributed by atoms with Gasteiger partial charge in [-0.2, -0.15) is 10.1 Å². The van der Waals surface area contributed by atoms with Crippen LogP contribution in [-0.2, 0) is 11.8 Å². The second-order valence-corrected chi connectivity index (χ2v) is 8.42. The third-order valence-corrected chi connectivity index (χ3v) is 6.24. The van der Waals surface area contributed by atoms with Crippen molar-refractivity contribution >= 4 is 34.0 Å². The van der Waals surface area contributed by atoms with Crippen LogP contribution in [0.25, 0.3) is 39.2 Å². The Morgan fingerprint density at radius 2 is 2.15 bits per heavy atom. The van der Waals surface area contributed by atoms with Gasteiger partial charge in [0.2, 0.25) is 0 Å². The van der Waals surface area contributed by atoms with E-state index in [4.69, 9.17) is 19.5 Å². The van der Waals surface area contributed by atoms with Crippen molar-refractivity contribution in [2.45, 2.75) is 38.3 Å². The Bertz CT molecular complexity index is 1460. The van der Waals surface area contributed by atoms with E-state index >= 15 is 0 Å². The van der Waals surface area contributed by atoms with Crippen molar-refractivity contribution < 1.29 is 9.15 Å². The number of hydrogen-bond donors (Lipinski definition) is 2. The van der Waals surface area contributed by atoms with E-state index in [1.807, 2.05) is 31.4 Å². The van der Waals surface area contributed by atoms with Crippen LogP contribution in [0.2, 0.25) is 0 Å². The van der Waals surface area contributed by atoms with Crippen molar-refractivity contribution in [2.75, 3.05) is 13.7 Å². The Kier molecular flexibility index (Phi) is 5.74. The van der Waals surface area contributed by atoms with Gasteiger partial charge < -0.3 is 19.9 Å². The van der Waals surface area contributed by atoms with E-state index in [2.05, 4.69) is 22.3 Å². The molecule has 34 heavy (non-hydrogen) atoms. The molecule has 0 aliphatic carbocycles. The Hall–Kier alpha value is -3.79. The maximum atomic E-state index is 13.5. The lowest BCUT2D eigenvalue weighted by molar-refractivity contribution is -0.00711. The molecule has 1 aliphatic heterocycles. The standard InChI is InChI=1S/C24H27N7O3/c1-4-16-11-15(8-10-33-16)31-22-21-19(6-5-17(27-21)18-7-9-30(3)29-18)34-23(22)20(28-24(31)32)14(12-25)13-26-2/h5-7,9,12-13,15-16,25-26H,4,8,10-11H2,1-3H3/b14-13+,25-12?/t15-,16-/m0/s1. The van der Waals surface area contributed by atoms with Gasteiger partial charge in [-0.3, -0.25) is 9.25 Å². The summed E-state index contributed by atoms with van der Waals surface area (Å²) in [4.78, 5) is 22.7. The highest BCUT2D eigenvalue weighted by Crippen LogP contribution is 2.35. The van der Waals surface area contributed by atoms with Gasteiger partial charge in [-0.15, -0.1) is 0 Å². The average Bonchev–Trinajstić information content (AvgIpc) is 3.45. The first-order chi connectivity index (χ1) is 16.5. The summed E-state index contributed by atoms with van der Waals surface area (Å²) in [6.45, 7) is 2.66. The Morgan fingerprint density at radius 1 is 1.29 bits per heavy atom. The zero-order valence-corrected chi connectivity index (χ0v) is 19.4. The minimum Gasteiger partial charge on any atom is -0.450 e. The quantitative estimate of drug-likeness (QED) is 0.422. The fourth-order valence-electron chi connectivity index (χ4n) is 4.59. The molecule has 1 aliphatic rings. The Morgan fingerprint density at radius 3 is 2.85 bits per heavy atom. The lowest BCUT2D eigenvalue weighted by Crippen LogP contribution is -2.34. The molecule has 0 bridgehead atoms. The highest BCUT2D eigenvalue weighted by atomic mass is 16.5. The topological polar surface area (TPSA) is 124 Å². The SMILES string of the molecule is CC[C@H]1C[C@@H](n2c(=O)nc(/C(C=N)=C/NC)c3oc4ccc(-c5ccn(C)n5)nc4c32)CCO1. The van der Waals surface area contributed by atoms with Crippen LogP contribution in [0.15, 0.2) is 39.8 Å². The summed E-state index contributed by atoms with van der Waals surface area (Å²) < 4.78 is 15.5. The number of fused-ring (bicyclic) bond motifs is 3. The second-order valence-electron chi connectivity index (χ2n) is 8.42. The fraction of sp³-hybridized carbons (Fsp3) is 0.375. The van der Waals surface area contributed by atoms with Gasteiger partial charge in [0.05, 0.1) is 11.8 Å². The predicted octanol–water partition coefficient (Wildman–Crippen LogP) is 3.28. The molecule has 0 unspecified atom stereocenters. The number of hydrogen-bond acceptors (Lipinski definition) is 8. The van der Waals surface area contributed by atoms with Gasteiger partial charge in [-0.25, -0.2) is 9.78 Å². The summed E-state index contributed by atoms with van der Waals surface area (Å²) in [6.07, 6.45) is 7.00. The van der Waals surface area contributed by atoms with Gasteiger partial charge in [0.15, 0.2) is 11.2 Å². The largest absolute Gasteiger partial charge is 0.450 e. The van der Waals surface area contributed by atoms with Gasteiger partial charge in [-0.1, -0.05) is 6.92 Å². The maximum absolute atomic E-state index is 13.5. The van der Waals surface area contributed by atoms with Crippen LogP contribution in [0.1, 0.15) is 37.9 Å². The number of nitrogens with one attached hydrogen (secondary N) is 2. The van der Waals surface area contributed by atoms with Crippen molar-refractivity contribution in [2.24, 2.45) is 7.05 Å². The van der Waals surface area contributed by atoms with Crippen LogP contribution in [0, 0.1) is 5.41 Å². The number of ether oxygens (including phenoxy) is 1. The van der Waals surface area contributed by atoms with E-state index < -0.39 is 0 Å². The van der Waals surface area contributed by atoms with E-state index in [0.717, 1.165) is 18.3 Å². The van der Waals surface area contributed by atoms with E-state index in [1.54, 1.807) is 22.5 Å². The van der Waals surface area contributed by atoms with Gasteiger partial charge >= 0.3 is 5.69 Å². The van der Waals surface area contributed by atoms with E-state index in [-0.39, 0.29) is 17.8 Å². The van der Waals surface area contributed by atoms with Crippen LogP contribution < -0.4 is 11.0 Å². The average molecular weight is 462 g/mol. The molecule has 4 aromatic rings. The van der Waals surface area contributed by atoms with Crippen LogP contribution in [0.4, 0.5) is 0 Å². The van der Waals surface area contributed by atoms with Crippen LogP contribution >= 0.6 is 0 Å². The molecule has 2 N–H and O–H groups in total. The zero-order chi connectivity index (χ0) is 23.8. The zero-order valence-electron chi connectivity index (χ0n) is 19.4. The van der Waals surface area contributed by atoms with E-state index in [9.17, 15) is 4.79 Å². The van der Waals surface area contributed by atoms with Crippen molar-refractivity contribution in [3.8, 4) is 11.4 Å². The van der Waals surface area contributed by atoms with Crippen molar-refractivity contribution in [1.82, 2.24) is 29.6 Å². The molecule has 5 heterocycles. The van der Waals surface area contributed by atoms with Crippen molar-refractivity contribution in [1.29, 1.82) is 5.41 Å². The van der Waals surface area contributed by atoms with E-state index in [1.165, 1.54) is 0 Å². The molecule has 0 aromatic carbocycles. The molecule has 2 atom stereocenters. The van der Waals surface area contributed by atoms with Gasteiger partial charge in [-0.05, 0) is 37.5 Å². The molecule has 5 rings (SSSR count). The smallest absolute Gasteiger partial charge is 0.349 e. The lowest BCUT2D eigenvalue weighted by atomic mass is 10.0. The number of aryl methyl sites for hydroxylation is 1. The Labute approximate surface area is 195 Å². The summed E-state index contributed by atoms with van der Waals surface area (Å²) in [6, 6.07) is 5.50. The maximum Gasteiger partial charge on any atom is 0.349 e. The number of rotatable bonds is 6. The van der Waals surface area contributed by atoms with Gasteiger partial charge in [0, 0.05) is 50.9 Å². The fourth-order valence-corrected chi connectivity index (χ4v) is 4.59. The van der Waals surface area contributed by atoms with Crippen LogP contribution in [0.3, 0.4) is 0 Å².